The summed E-state index contributed by atoms with van der Waals surface area (Å²) < 4.78 is 10.5. The highest BCUT2D eigenvalue weighted by atomic mass is 16.5. The topological polar surface area (TPSA) is 134 Å². The Balaban J connectivity index is 1.53. The van der Waals surface area contributed by atoms with E-state index in [2.05, 4.69) is 15.3 Å². The lowest BCUT2D eigenvalue weighted by atomic mass is 9.98. The van der Waals surface area contributed by atoms with Crippen LogP contribution < -0.4 is 20.3 Å². The van der Waals surface area contributed by atoms with Crippen LogP contribution in [0.15, 0.2) is 16.9 Å². The fourth-order valence-corrected chi connectivity index (χ4v) is 4.52. The van der Waals surface area contributed by atoms with Crippen LogP contribution in [0.3, 0.4) is 0 Å². The van der Waals surface area contributed by atoms with E-state index in [9.17, 15) is 19.2 Å². The molecule has 176 valence electrons. The fourth-order valence-electron chi connectivity index (χ4n) is 4.52. The quantitative estimate of drug-likeness (QED) is 0.596. The Morgan fingerprint density at radius 3 is 2.45 bits per heavy atom. The molecule has 0 atom stereocenters. The van der Waals surface area contributed by atoms with Gasteiger partial charge in [0, 0.05) is 12.6 Å². The van der Waals surface area contributed by atoms with E-state index in [1.54, 1.807) is 19.1 Å². The third-order valence-corrected chi connectivity index (χ3v) is 6.33. The molecule has 0 unspecified atom stereocenters. The van der Waals surface area contributed by atoms with Gasteiger partial charge in [0.15, 0.2) is 11.5 Å². The van der Waals surface area contributed by atoms with Gasteiger partial charge in [-0.05, 0) is 25.8 Å². The molecule has 4 rings (SSSR count). The zero-order chi connectivity index (χ0) is 23.8. The molecule has 2 heterocycles. The summed E-state index contributed by atoms with van der Waals surface area (Å²) in [5, 5.41) is 3.10. The highest BCUT2D eigenvalue weighted by molar-refractivity contribution is 6.09. The maximum Gasteiger partial charge on any atom is 0.325 e. The van der Waals surface area contributed by atoms with Crippen LogP contribution in [0.2, 0.25) is 0 Å². The van der Waals surface area contributed by atoms with Crippen LogP contribution in [0.1, 0.15) is 38.4 Å². The first kappa shape index (κ1) is 22.6. The van der Waals surface area contributed by atoms with Crippen LogP contribution in [-0.2, 0) is 16.1 Å². The van der Waals surface area contributed by atoms with Crippen molar-refractivity contribution in [3.05, 3.63) is 28.3 Å². The molecule has 2 aliphatic rings. The zero-order valence-corrected chi connectivity index (χ0v) is 18.9. The van der Waals surface area contributed by atoms with Crippen molar-refractivity contribution in [3.63, 3.8) is 0 Å². The van der Waals surface area contributed by atoms with Crippen LogP contribution in [0.4, 0.5) is 4.79 Å². The smallest absolute Gasteiger partial charge is 0.325 e. The molecule has 11 heteroatoms. The summed E-state index contributed by atoms with van der Waals surface area (Å²) in [5.74, 6) is 0.360. The number of hydrogen-bond acceptors (Lipinski definition) is 7. The summed E-state index contributed by atoms with van der Waals surface area (Å²) >= 11 is 0. The van der Waals surface area contributed by atoms with Gasteiger partial charge in [-0.1, -0.05) is 12.8 Å². The van der Waals surface area contributed by atoms with E-state index < -0.39 is 17.5 Å². The summed E-state index contributed by atoms with van der Waals surface area (Å²) in [6, 6.07) is 2.60. The normalized spacial score (nSPS) is 17.0. The minimum absolute atomic E-state index is 0.0175. The Morgan fingerprint density at radius 1 is 1.15 bits per heavy atom. The van der Waals surface area contributed by atoms with Gasteiger partial charge in [0.05, 0.1) is 31.7 Å². The number of carbonyl (C=O) groups is 3. The lowest BCUT2D eigenvalue weighted by Gasteiger charge is -2.24. The first-order chi connectivity index (χ1) is 15.8. The minimum Gasteiger partial charge on any atom is -0.493 e. The van der Waals surface area contributed by atoms with E-state index >= 15 is 0 Å². The van der Waals surface area contributed by atoms with Crippen LogP contribution in [0.25, 0.3) is 10.9 Å². The largest absolute Gasteiger partial charge is 0.493 e. The van der Waals surface area contributed by atoms with Gasteiger partial charge < -0.3 is 24.7 Å². The van der Waals surface area contributed by atoms with Crippen molar-refractivity contribution in [2.45, 2.75) is 44.7 Å². The predicted molar refractivity (Wildman–Crippen MR) is 118 cm³/mol. The number of amides is 4. The predicted octanol–water partition coefficient (Wildman–Crippen LogP) is 1.15. The number of nitrogens with one attached hydrogen (secondary N) is 2. The lowest BCUT2D eigenvalue weighted by molar-refractivity contribution is -0.139. The molecule has 1 aliphatic carbocycles. The summed E-state index contributed by atoms with van der Waals surface area (Å²) in [4.78, 5) is 60.4. The van der Waals surface area contributed by atoms with Crippen LogP contribution >= 0.6 is 0 Å². The Hall–Kier alpha value is -3.63. The number of benzene rings is 1. The van der Waals surface area contributed by atoms with Gasteiger partial charge in [0.2, 0.25) is 5.91 Å². The molecule has 1 aliphatic heterocycles. The highest BCUT2D eigenvalue weighted by Crippen LogP contribution is 2.35. The van der Waals surface area contributed by atoms with Crippen molar-refractivity contribution >= 4 is 28.7 Å². The minimum atomic E-state index is -0.861. The molecule has 11 nitrogen and oxygen atoms in total. The van der Waals surface area contributed by atoms with Gasteiger partial charge in [-0.3, -0.25) is 19.3 Å². The van der Waals surface area contributed by atoms with Crippen molar-refractivity contribution in [1.29, 1.82) is 0 Å². The van der Waals surface area contributed by atoms with Gasteiger partial charge in [-0.25, -0.2) is 9.78 Å². The monoisotopic (exact) mass is 457 g/mol. The van der Waals surface area contributed by atoms with E-state index in [1.165, 1.54) is 19.1 Å². The van der Waals surface area contributed by atoms with E-state index in [0.29, 0.717) is 41.8 Å². The summed E-state index contributed by atoms with van der Waals surface area (Å²) in [6.45, 7) is 1.74. The molecule has 1 saturated carbocycles. The number of likely N-dealkylation sites (N-methyl/N-ethyl adjacent to an activating group) is 1. The molecular formula is C22H27N5O6. The number of rotatable bonds is 7. The Kier molecular flexibility index (Phi) is 5.96. The average Bonchev–Trinajstić information content (AvgIpc) is 3.36. The summed E-state index contributed by atoms with van der Waals surface area (Å²) in [5.41, 5.74) is -0.844. The van der Waals surface area contributed by atoms with E-state index in [4.69, 9.17) is 9.47 Å². The second-order valence-electron chi connectivity index (χ2n) is 8.26. The molecule has 1 saturated heterocycles. The van der Waals surface area contributed by atoms with Gasteiger partial charge in [-0.15, -0.1) is 0 Å². The summed E-state index contributed by atoms with van der Waals surface area (Å²) in [7, 11) is 2.96. The second kappa shape index (κ2) is 8.72. The Bertz CT molecular complexity index is 1170. The molecule has 2 fully saturated rings. The van der Waals surface area contributed by atoms with Gasteiger partial charge in [0.1, 0.15) is 17.9 Å². The van der Waals surface area contributed by atoms with Crippen molar-refractivity contribution in [2.24, 2.45) is 0 Å². The molecule has 2 N–H and O–H groups in total. The van der Waals surface area contributed by atoms with E-state index in [0.717, 1.165) is 17.7 Å². The van der Waals surface area contributed by atoms with Gasteiger partial charge in [-0.2, -0.15) is 0 Å². The molecule has 1 spiro atoms. The Morgan fingerprint density at radius 2 is 1.82 bits per heavy atom. The number of nitrogens with zero attached hydrogens (tertiary/aromatic N) is 3. The fraction of sp³-hybridized carbons (Fsp3) is 0.500. The standard InChI is InChI=1S/C22H27N5O6/c1-4-26(18(28)12-27-20(30)22(25-21(27)31)7-5-6-8-22)11-17-23-14-10-16(33-3)15(32-2)9-13(14)19(29)24-17/h9-10H,4-8,11-12H2,1-3H3,(H,25,31)(H,23,24,29). The number of aromatic amines is 1. The maximum atomic E-state index is 13.0. The summed E-state index contributed by atoms with van der Waals surface area (Å²) in [6.07, 6.45) is 2.92. The molecule has 1 aromatic carbocycles. The number of aromatic nitrogens is 2. The second-order valence-corrected chi connectivity index (χ2v) is 8.26. The number of imide groups is 1. The number of H-pyrrole nitrogens is 1. The number of methoxy groups -OCH3 is 2. The maximum absolute atomic E-state index is 13.0. The SMILES string of the molecule is CCN(Cc1nc2cc(OC)c(OC)cc2c(=O)[nH]1)C(=O)CN1C(=O)NC2(CCCC2)C1=O. The first-order valence-corrected chi connectivity index (χ1v) is 10.9. The molecule has 0 bridgehead atoms. The molecule has 33 heavy (non-hydrogen) atoms. The molecular weight excluding hydrogens is 430 g/mol. The average molecular weight is 457 g/mol. The highest BCUT2D eigenvalue weighted by Gasteiger charge is 2.52. The third-order valence-electron chi connectivity index (χ3n) is 6.33. The number of fused-ring (bicyclic) bond motifs is 1. The molecule has 0 radical (unpaired) electrons. The van der Waals surface area contributed by atoms with Crippen LogP contribution in [-0.4, -0.2) is 70.5 Å². The zero-order valence-electron chi connectivity index (χ0n) is 18.9. The lowest BCUT2D eigenvalue weighted by Crippen LogP contribution is -2.46. The van der Waals surface area contributed by atoms with Gasteiger partial charge in [0.25, 0.3) is 11.5 Å². The van der Waals surface area contributed by atoms with Crippen molar-refractivity contribution < 1.29 is 23.9 Å². The number of ether oxygens (including phenoxy) is 2. The van der Waals surface area contributed by atoms with Crippen LogP contribution in [0, 0.1) is 0 Å². The van der Waals surface area contributed by atoms with Gasteiger partial charge >= 0.3 is 6.03 Å². The molecule has 1 aromatic heterocycles. The number of carbonyl (C=O) groups excluding carboxylic acids is 3. The Labute approximate surface area is 190 Å². The molecule has 2 aromatic rings. The van der Waals surface area contributed by atoms with E-state index in [1.807, 2.05) is 0 Å². The number of hydrogen-bond donors (Lipinski definition) is 2. The van der Waals surface area contributed by atoms with Crippen molar-refractivity contribution in [2.75, 3.05) is 27.3 Å². The van der Waals surface area contributed by atoms with E-state index in [-0.39, 0.29) is 30.4 Å². The molecule has 4 amide bonds. The third kappa shape index (κ3) is 3.98. The van der Waals surface area contributed by atoms with Crippen LogP contribution in [0.5, 0.6) is 11.5 Å². The number of urea groups is 1. The first-order valence-electron chi connectivity index (χ1n) is 10.9. The van der Waals surface area contributed by atoms with Crippen molar-refractivity contribution in [1.82, 2.24) is 25.1 Å². The van der Waals surface area contributed by atoms with Crippen molar-refractivity contribution in [3.8, 4) is 11.5 Å².